The Morgan fingerprint density at radius 2 is 1.89 bits per heavy atom. The van der Waals surface area contributed by atoms with Crippen LogP contribution in [0, 0.1) is 0 Å². The van der Waals surface area contributed by atoms with E-state index in [0.29, 0.717) is 24.3 Å². The second-order valence-electron chi connectivity index (χ2n) is 6.29. The molecule has 2 aromatic rings. The fraction of sp³-hybridized carbons (Fsp3) is 0.250. The lowest BCUT2D eigenvalue weighted by molar-refractivity contribution is -0.117. The highest BCUT2D eigenvalue weighted by atomic mass is 79.9. The number of sulfonamides is 1. The van der Waals surface area contributed by atoms with Gasteiger partial charge in [-0.2, -0.15) is 4.31 Å². The van der Waals surface area contributed by atoms with Crippen LogP contribution in [0.5, 0.6) is 5.75 Å². The Bertz CT molecular complexity index is 988. The van der Waals surface area contributed by atoms with Gasteiger partial charge in [0, 0.05) is 35.2 Å². The molecule has 0 radical (unpaired) electrons. The first-order chi connectivity index (χ1) is 13.4. The van der Waals surface area contributed by atoms with Crippen LogP contribution in [0.25, 0.3) is 0 Å². The van der Waals surface area contributed by atoms with E-state index in [1.807, 2.05) is 24.3 Å². The number of carbonyl (C=O) groups excluding carboxylic acids is 1. The van der Waals surface area contributed by atoms with E-state index in [4.69, 9.17) is 4.74 Å². The van der Waals surface area contributed by atoms with Gasteiger partial charge >= 0.3 is 0 Å². The predicted octanol–water partition coefficient (Wildman–Crippen LogP) is 3.09. The molecule has 0 aromatic heterocycles. The Hall–Kier alpha value is -2.16. The maximum atomic E-state index is 12.7. The molecule has 0 aliphatic carbocycles. The first-order valence-electron chi connectivity index (χ1n) is 8.76. The Labute approximate surface area is 173 Å². The molecule has 1 N–H and O–H groups in total. The van der Waals surface area contributed by atoms with Crippen molar-refractivity contribution in [2.24, 2.45) is 0 Å². The Morgan fingerprint density at radius 1 is 1.18 bits per heavy atom. The SMILES string of the molecule is COc1ccccc1CNC(=O)C1=CCN(S(=O)(=O)c2ccc(Br)cc2)CC1. The predicted molar refractivity (Wildman–Crippen MR) is 110 cm³/mol. The molecule has 0 bridgehead atoms. The van der Waals surface area contributed by atoms with Gasteiger partial charge < -0.3 is 10.1 Å². The zero-order valence-electron chi connectivity index (χ0n) is 15.4. The average molecular weight is 465 g/mol. The van der Waals surface area contributed by atoms with Crippen LogP contribution in [0.3, 0.4) is 0 Å². The lowest BCUT2D eigenvalue weighted by atomic mass is 10.1. The summed E-state index contributed by atoms with van der Waals surface area (Å²) in [6, 6.07) is 14.0. The molecule has 28 heavy (non-hydrogen) atoms. The van der Waals surface area contributed by atoms with Crippen molar-refractivity contribution >= 4 is 31.9 Å². The van der Waals surface area contributed by atoms with E-state index >= 15 is 0 Å². The number of para-hydroxylation sites is 1. The number of nitrogens with one attached hydrogen (secondary N) is 1. The van der Waals surface area contributed by atoms with E-state index in [1.165, 1.54) is 4.31 Å². The van der Waals surface area contributed by atoms with E-state index < -0.39 is 10.0 Å². The lowest BCUT2D eigenvalue weighted by Gasteiger charge is -2.25. The zero-order chi connectivity index (χ0) is 20.1. The Morgan fingerprint density at radius 3 is 2.54 bits per heavy atom. The topological polar surface area (TPSA) is 75.7 Å². The number of ether oxygens (including phenoxy) is 1. The molecule has 3 rings (SSSR count). The molecule has 6 nitrogen and oxygen atoms in total. The second-order valence-corrected chi connectivity index (χ2v) is 9.14. The van der Waals surface area contributed by atoms with Crippen molar-refractivity contribution in [3.8, 4) is 5.75 Å². The molecule has 148 valence electrons. The number of amides is 1. The maximum absolute atomic E-state index is 12.7. The Balaban J connectivity index is 1.63. The van der Waals surface area contributed by atoms with E-state index in [1.54, 1.807) is 37.5 Å². The fourth-order valence-corrected chi connectivity index (χ4v) is 4.61. The van der Waals surface area contributed by atoms with Crippen LogP contribution in [0.15, 0.2) is 69.5 Å². The molecule has 1 aliphatic rings. The molecule has 2 aromatic carbocycles. The van der Waals surface area contributed by atoms with Gasteiger partial charge in [0.25, 0.3) is 0 Å². The van der Waals surface area contributed by atoms with Gasteiger partial charge in [0.15, 0.2) is 0 Å². The van der Waals surface area contributed by atoms with Crippen molar-refractivity contribution < 1.29 is 17.9 Å². The number of carbonyl (C=O) groups is 1. The van der Waals surface area contributed by atoms with Crippen molar-refractivity contribution in [3.63, 3.8) is 0 Å². The maximum Gasteiger partial charge on any atom is 0.247 e. The number of hydrogen-bond donors (Lipinski definition) is 1. The standard InChI is InChI=1S/C20H21BrN2O4S/c1-27-19-5-3-2-4-16(19)14-22-20(24)15-10-12-23(13-11-15)28(25,26)18-8-6-17(21)7-9-18/h2-10H,11-14H2,1H3,(H,22,24). The number of benzene rings is 2. The Kier molecular flexibility index (Phi) is 6.53. The highest BCUT2D eigenvalue weighted by Crippen LogP contribution is 2.22. The van der Waals surface area contributed by atoms with Crippen LogP contribution in [0.1, 0.15) is 12.0 Å². The van der Waals surface area contributed by atoms with E-state index in [2.05, 4.69) is 21.2 Å². The van der Waals surface area contributed by atoms with Crippen LogP contribution in [0.4, 0.5) is 0 Å². The van der Waals surface area contributed by atoms with Crippen molar-refractivity contribution in [2.75, 3.05) is 20.2 Å². The zero-order valence-corrected chi connectivity index (χ0v) is 17.8. The van der Waals surface area contributed by atoms with Crippen LogP contribution < -0.4 is 10.1 Å². The van der Waals surface area contributed by atoms with Crippen LogP contribution in [-0.2, 0) is 21.4 Å². The van der Waals surface area contributed by atoms with Crippen molar-refractivity contribution in [1.29, 1.82) is 0 Å². The van der Waals surface area contributed by atoms with Gasteiger partial charge in [-0.1, -0.05) is 40.2 Å². The number of halogens is 1. The van der Waals surface area contributed by atoms with Crippen LogP contribution in [0.2, 0.25) is 0 Å². The van der Waals surface area contributed by atoms with Crippen molar-refractivity contribution in [2.45, 2.75) is 17.9 Å². The molecule has 0 fully saturated rings. The van der Waals surface area contributed by atoms with Crippen molar-refractivity contribution in [3.05, 3.63) is 70.2 Å². The summed E-state index contributed by atoms with van der Waals surface area (Å²) < 4.78 is 32.9. The summed E-state index contributed by atoms with van der Waals surface area (Å²) in [6.45, 7) is 0.795. The molecule has 1 amide bonds. The molecule has 0 saturated heterocycles. The number of methoxy groups -OCH3 is 1. The average Bonchev–Trinajstić information content (AvgIpc) is 2.72. The molecule has 0 spiro atoms. The normalized spacial score (nSPS) is 15.0. The summed E-state index contributed by atoms with van der Waals surface area (Å²) in [7, 11) is -1.98. The number of rotatable bonds is 6. The van der Waals surface area contributed by atoms with E-state index in [-0.39, 0.29) is 23.9 Å². The minimum Gasteiger partial charge on any atom is -0.496 e. The second kappa shape index (κ2) is 8.89. The third-order valence-corrected chi connectivity index (χ3v) is 6.95. The summed E-state index contributed by atoms with van der Waals surface area (Å²) in [5.74, 6) is 0.527. The highest BCUT2D eigenvalue weighted by molar-refractivity contribution is 9.10. The molecule has 8 heteroatoms. The van der Waals surface area contributed by atoms with Crippen LogP contribution in [-0.4, -0.2) is 38.8 Å². The molecular weight excluding hydrogens is 444 g/mol. The quantitative estimate of drug-likeness (QED) is 0.712. The monoisotopic (exact) mass is 464 g/mol. The van der Waals surface area contributed by atoms with Gasteiger partial charge in [0.1, 0.15) is 5.75 Å². The molecule has 0 saturated carbocycles. The van der Waals surface area contributed by atoms with Gasteiger partial charge in [-0.15, -0.1) is 0 Å². The molecule has 1 aliphatic heterocycles. The molecule has 1 heterocycles. The van der Waals surface area contributed by atoms with Gasteiger partial charge in [-0.05, 0) is 36.8 Å². The fourth-order valence-electron chi connectivity index (χ4n) is 2.97. The third kappa shape index (κ3) is 4.63. The number of hydrogen-bond acceptors (Lipinski definition) is 4. The largest absolute Gasteiger partial charge is 0.496 e. The molecule has 0 unspecified atom stereocenters. The lowest BCUT2D eigenvalue weighted by Crippen LogP contribution is -2.37. The van der Waals surface area contributed by atoms with Crippen molar-refractivity contribution in [1.82, 2.24) is 9.62 Å². The van der Waals surface area contributed by atoms with Gasteiger partial charge in [0.2, 0.25) is 15.9 Å². The first-order valence-corrected chi connectivity index (χ1v) is 11.0. The van der Waals surface area contributed by atoms with E-state index in [9.17, 15) is 13.2 Å². The molecule has 0 atom stereocenters. The van der Waals surface area contributed by atoms with Crippen LogP contribution >= 0.6 is 15.9 Å². The van der Waals surface area contributed by atoms with Gasteiger partial charge in [0.05, 0.1) is 12.0 Å². The summed E-state index contributed by atoms with van der Waals surface area (Å²) in [4.78, 5) is 12.7. The minimum absolute atomic E-state index is 0.176. The summed E-state index contributed by atoms with van der Waals surface area (Å²) in [6.07, 6.45) is 2.05. The summed E-state index contributed by atoms with van der Waals surface area (Å²) in [5.41, 5.74) is 1.48. The molecular formula is C20H21BrN2O4S. The number of nitrogens with zero attached hydrogens (tertiary/aromatic N) is 1. The first kappa shape index (κ1) is 20.6. The smallest absolute Gasteiger partial charge is 0.247 e. The van der Waals surface area contributed by atoms with E-state index in [0.717, 1.165) is 10.0 Å². The minimum atomic E-state index is -3.57. The third-order valence-electron chi connectivity index (χ3n) is 4.55. The highest BCUT2D eigenvalue weighted by Gasteiger charge is 2.27. The summed E-state index contributed by atoms with van der Waals surface area (Å²) >= 11 is 3.30. The van der Waals surface area contributed by atoms with Gasteiger partial charge in [-0.3, -0.25) is 4.79 Å². The summed E-state index contributed by atoms with van der Waals surface area (Å²) in [5, 5.41) is 2.87. The van der Waals surface area contributed by atoms with Gasteiger partial charge in [-0.25, -0.2) is 8.42 Å².